The Hall–Kier alpha value is -0.440. The van der Waals surface area contributed by atoms with Gasteiger partial charge in [0.05, 0.1) is 0 Å². The third kappa shape index (κ3) is 0.993. The molecule has 0 saturated heterocycles. The molecule has 0 heteroatoms. The first-order valence-electron chi connectivity index (χ1n) is 5.20. The molecule has 0 aromatic heterocycles. The van der Waals surface area contributed by atoms with Gasteiger partial charge in [0.2, 0.25) is 0 Å². The summed E-state index contributed by atoms with van der Waals surface area (Å²) in [5.41, 5.74) is 0.827. The Bertz CT molecular complexity index is 209. The van der Waals surface area contributed by atoms with Crippen LogP contribution in [-0.4, -0.2) is 0 Å². The smallest absolute Gasteiger partial charge is 0.0366 e. The van der Waals surface area contributed by atoms with Crippen LogP contribution < -0.4 is 0 Å². The van der Waals surface area contributed by atoms with Gasteiger partial charge in [-0.1, -0.05) is 32.1 Å². The first-order valence-corrected chi connectivity index (χ1v) is 5.20. The predicted molar refractivity (Wildman–Crippen MR) is 51.7 cm³/mol. The van der Waals surface area contributed by atoms with Gasteiger partial charge in [0, 0.05) is 5.41 Å². The van der Waals surface area contributed by atoms with Crippen LogP contribution in [-0.2, 0) is 0 Å². The zero-order chi connectivity index (χ0) is 8.66. The third-order valence-corrected chi connectivity index (χ3v) is 4.14. The second kappa shape index (κ2) is 2.52. The van der Waals surface area contributed by atoms with E-state index < -0.39 is 0 Å². The molecule has 0 N–H and O–H groups in total. The topological polar surface area (TPSA) is 0 Å². The van der Waals surface area contributed by atoms with E-state index in [1.165, 1.54) is 44.9 Å². The fourth-order valence-electron chi connectivity index (χ4n) is 2.86. The van der Waals surface area contributed by atoms with E-state index in [0.717, 1.165) is 0 Å². The van der Waals surface area contributed by atoms with Crippen LogP contribution in [0.2, 0.25) is 0 Å². The molecule has 0 atom stereocenters. The first kappa shape index (κ1) is 8.17. The molecule has 0 radical (unpaired) electrons. The lowest BCUT2D eigenvalue weighted by atomic mass is 9.65. The van der Waals surface area contributed by atoms with Gasteiger partial charge >= 0.3 is 0 Å². The van der Waals surface area contributed by atoms with E-state index in [-0.39, 0.29) is 0 Å². The van der Waals surface area contributed by atoms with E-state index in [0.29, 0.717) is 10.8 Å². The van der Waals surface area contributed by atoms with Crippen LogP contribution in [0.4, 0.5) is 0 Å². The van der Waals surface area contributed by atoms with Gasteiger partial charge in [0.25, 0.3) is 0 Å². The fourth-order valence-corrected chi connectivity index (χ4v) is 2.86. The summed E-state index contributed by atoms with van der Waals surface area (Å²) in [5, 5.41) is 0. The average molecular weight is 162 g/mol. The Balaban J connectivity index is 2.14. The molecule has 0 aliphatic heterocycles. The highest BCUT2D eigenvalue weighted by Crippen LogP contribution is 2.63. The minimum atomic E-state index is 0.327. The van der Waals surface area contributed by atoms with Gasteiger partial charge in [0.15, 0.2) is 0 Å². The molecular formula is C12H18. The maximum atomic E-state index is 5.63. The largest absolute Gasteiger partial charge is 0.119 e. The molecule has 0 aromatic rings. The van der Waals surface area contributed by atoms with E-state index in [1.807, 2.05) is 0 Å². The van der Waals surface area contributed by atoms with Crippen molar-refractivity contribution in [2.75, 3.05) is 0 Å². The molecule has 2 aliphatic rings. The van der Waals surface area contributed by atoms with Gasteiger partial charge in [-0.05, 0) is 31.1 Å². The van der Waals surface area contributed by atoms with Crippen LogP contribution in [0.1, 0.15) is 51.9 Å². The molecule has 0 aromatic carbocycles. The van der Waals surface area contributed by atoms with Crippen molar-refractivity contribution >= 4 is 0 Å². The molecule has 2 rings (SSSR count). The average Bonchev–Trinajstić information content (AvgIpc) is 2.86. The molecule has 66 valence electrons. The number of hydrogen-bond donors (Lipinski definition) is 0. The Kier molecular flexibility index (Phi) is 1.72. The summed E-state index contributed by atoms with van der Waals surface area (Å²) in [4.78, 5) is 0. The monoisotopic (exact) mass is 162 g/mol. The van der Waals surface area contributed by atoms with Gasteiger partial charge in [-0.25, -0.2) is 0 Å². The maximum Gasteiger partial charge on any atom is 0.0366 e. The van der Waals surface area contributed by atoms with E-state index in [9.17, 15) is 0 Å². The lowest BCUT2D eigenvalue weighted by molar-refractivity contribution is 0.139. The quantitative estimate of drug-likeness (QED) is 0.518. The molecule has 0 heterocycles. The van der Waals surface area contributed by atoms with Crippen LogP contribution in [0.15, 0.2) is 0 Å². The summed E-state index contributed by atoms with van der Waals surface area (Å²) in [5.74, 6) is 3.06. The van der Waals surface area contributed by atoms with Crippen molar-refractivity contribution in [2.24, 2.45) is 10.8 Å². The van der Waals surface area contributed by atoms with Crippen LogP contribution in [0.3, 0.4) is 0 Å². The van der Waals surface area contributed by atoms with E-state index in [2.05, 4.69) is 12.8 Å². The Morgan fingerprint density at radius 1 is 1.00 bits per heavy atom. The molecule has 0 spiro atoms. The lowest BCUT2D eigenvalue weighted by Gasteiger charge is -2.38. The van der Waals surface area contributed by atoms with Gasteiger partial charge < -0.3 is 0 Å². The molecule has 12 heavy (non-hydrogen) atoms. The molecule has 0 unspecified atom stereocenters. The third-order valence-electron chi connectivity index (χ3n) is 4.14. The van der Waals surface area contributed by atoms with Crippen LogP contribution >= 0.6 is 0 Å². The SMILES string of the molecule is C#CC1(C2(C)CCCCC2)CC1. The predicted octanol–water partition coefficient (Wildman–Crippen LogP) is 3.37. The van der Waals surface area contributed by atoms with Gasteiger partial charge in [-0.2, -0.15) is 0 Å². The molecule has 0 nitrogen and oxygen atoms in total. The zero-order valence-corrected chi connectivity index (χ0v) is 8.03. The normalized spacial score (nSPS) is 30.7. The van der Waals surface area contributed by atoms with Crippen LogP contribution in [0.5, 0.6) is 0 Å². The second-order valence-corrected chi connectivity index (χ2v) is 4.85. The van der Waals surface area contributed by atoms with E-state index >= 15 is 0 Å². The second-order valence-electron chi connectivity index (χ2n) is 4.85. The van der Waals surface area contributed by atoms with Crippen molar-refractivity contribution in [3.8, 4) is 12.3 Å². The molecule has 2 fully saturated rings. The standard InChI is InChI=1S/C12H18/c1-3-12(9-10-12)11(2)7-5-4-6-8-11/h1H,4-10H2,2H3. The van der Waals surface area contributed by atoms with Gasteiger partial charge in [-0.15, -0.1) is 6.42 Å². The molecular weight excluding hydrogens is 144 g/mol. The molecule has 2 saturated carbocycles. The number of terminal acetylenes is 1. The zero-order valence-electron chi connectivity index (χ0n) is 8.03. The molecule has 2 aliphatic carbocycles. The lowest BCUT2D eigenvalue weighted by Crippen LogP contribution is -2.30. The molecule has 0 amide bonds. The summed E-state index contributed by atoms with van der Waals surface area (Å²) in [6.45, 7) is 2.42. The summed E-state index contributed by atoms with van der Waals surface area (Å²) in [6.07, 6.45) is 15.2. The van der Waals surface area contributed by atoms with E-state index in [1.54, 1.807) is 0 Å². The van der Waals surface area contributed by atoms with Crippen molar-refractivity contribution in [3.05, 3.63) is 0 Å². The minimum absolute atomic E-state index is 0.327. The fraction of sp³-hybridized carbons (Fsp3) is 0.833. The highest BCUT2D eigenvalue weighted by molar-refractivity contribution is 5.21. The van der Waals surface area contributed by atoms with Crippen LogP contribution in [0.25, 0.3) is 0 Å². The van der Waals surface area contributed by atoms with E-state index in [4.69, 9.17) is 6.42 Å². The van der Waals surface area contributed by atoms with Crippen molar-refractivity contribution < 1.29 is 0 Å². The number of hydrogen-bond acceptors (Lipinski definition) is 0. The summed E-state index contributed by atoms with van der Waals surface area (Å²) >= 11 is 0. The first-order chi connectivity index (χ1) is 5.72. The Morgan fingerprint density at radius 2 is 1.58 bits per heavy atom. The highest BCUT2D eigenvalue weighted by Gasteiger charge is 2.55. The highest BCUT2D eigenvalue weighted by atomic mass is 14.6. The van der Waals surface area contributed by atoms with Gasteiger partial charge in [-0.3, -0.25) is 0 Å². The summed E-state index contributed by atoms with van der Waals surface area (Å²) in [6, 6.07) is 0. The Labute approximate surface area is 75.7 Å². The summed E-state index contributed by atoms with van der Waals surface area (Å²) in [7, 11) is 0. The van der Waals surface area contributed by atoms with Crippen molar-refractivity contribution in [3.63, 3.8) is 0 Å². The Morgan fingerprint density at radius 3 is 2.00 bits per heavy atom. The van der Waals surface area contributed by atoms with Crippen molar-refractivity contribution in [2.45, 2.75) is 51.9 Å². The van der Waals surface area contributed by atoms with Crippen molar-refractivity contribution in [1.29, 1.82) is 0 Å². The minimum Gasteiger partial charge on any atom is -0.119 e. The van der Waals surface area contributed by atoms with Gasteiger partial charge in [0.1, 0.15) is 0 Å². The summed E-state index contributed by atoms with van der Waals surface area (Å²) < 4.78 is 0. The van der Waals surface area contributed by atoms with Crippen LogP contribution in [0, 0.1) is 23.2 Å². The van der Waals surface area contributed by atoms with Crippen molar-refractivity contribution in [1.82, 2.24) is 0 Å². The maximum absolute atomic E-state index is 5.63. The number of rotatable bonds is 1. The molecule has 0 bridgehead atoms.